The summed E-state index contributed by atoms with van der Waals surface area (Å²) in [6, 6.07) is 0. The lowest BCUT2D eigenvalue weighted by molar-refractivity contribution is -0.207. The molecule has 2 aliphatic rings. The van der Waals surface area contributed by atoms with Crippen LogP contribution in [-0.4, -0.2) is 17.6 Å². The van der Waals surface area contributed by atoms with Gasteiger partial charge in [-0.25, -0.2) is 0 Å². The fraction of sp³-hybridized carbons (Fsp3) is 0.933. The molecule has 3 nitrogen and oxygen atoms in total. The van der Waals surface area contributed by atoms with Gasteiger partial charge in [-0.3, -0.25) is 4.79 Å². The van der Waals surface area contributed by atoms with Crippen LogP contribution < -0.4 is 5.73 Å². The molecular weight excluding hydrogens is 226 g/mol. The number of aliphatic carboxylic acids is 1. The van der Waals surface area contributed by atoms with Gasteiger partial charge in [-0.15, -0.1) is 0 Å². The van der Waals surface area contributed by atoms with Gasteiger partial charge in [0.2, 0.25) is 0 Å². The van der Waals surface area contributed by atoms with Crippen molar-refractivity contribution in [3.05, 3.63) is 0 Å². The molecule has 3 N–H and O–H groups in total. The number of carbonyl (C=O) groups is 1. The van der Waals surface area contributed by atoms with Crippen molar-refractivity contribution in [3.63, 3.8) is 0 Å². The van der Waals surface area contributed by atoms with Gasteiger partial charge >= 0.3 is 5.97 Å². The maximum Gasteiger partial charge on any atom is 0.303 e. The summed E-state index contributed by atoms with van der Waals surface area (Å²) in [5.74, 6) is 1.62. The fourth-order valence-electron chi connectivity index (χ4n) is 5.03. The van der Waals surface area contributed by atoms with Gasteiger partial charge in [0.25, 0.3) is 0 Å². The lowest BCUT2D eigenvalue weighted by Crippen LogP contribution is -2.66. The molecule has 0 heterocycles. The molecule has 1 unspecified atom stereocenters. The summed E-state index contributed by atoms with van der Waals surface area (Å²) in [5, 5.41) is 9.18. The molecular formula is C15H27NO2. The number of fused-ring (bicyclic) bond motifs is 1. The number of carboxylic acids is 1. The minimum atomic E-state index is -0.692. The normalized spacial score (nSPS) is 46.1. The van der Waals surface area contributed by atoms with Crippen LogP contribution in [0.2, 0.25) is 0 Å². The topological polar surface area (TPSA) is 63.3 Å². The molecule has 0 aromatic rings. The smallest absolute Gasteiger partial charge is 0.303 e. The van der Waals surface area contributed by atoms with Crippen LogP contribution in [0.3, 0.4) is 0 Å². The second-order valence-electron chi connectivity index (χ2n) is 7.23. The van der Waals surface area contributed by atoms with Crippen LogP contribution in [0.25, 0.3) is 0 Å². The number of hydrogen-bond donors (Lipinski definition) is 2. The summed E-state index contributed by atoms with van der Waals surface area (Å²) in [6.07, 6.45) is 2.61. The molecule has 2 aliphatic carbocycles. The molecule has 2 saturated carbocycles. The molecule has 0 bridgehead atoms. The molecule has 0 saturated heterocycles. The first-order valence-corrected chi connectivity index (χ1v) is 7.19. The Kier molecular flexibility index (Phi) is 3.25. The Bertz CT molecular complexity index is 352. The van der Waals surface area contributed by atoms with Crippen molar-refractivity contribution in [1.82, 2.24) is 0 Å². The fourth-order valence-corrected chi connectivity index (χ4v) is 5.03. The third kappa shape index (κ3) is 1.63. The second kappa shape index (κ2) is 4.22. The number of nitrogens with two attached hydrogens (primary N) is 1. The zero-order chi connectivity index (χ0) is 13.7. The maximum atomic E-state index is 11.2. The van der Waals surface area contributed by atoms with Crippen molar-refractivity contribution in [3.8, 4) is 0 Å². The van der Waals surface area contributed by atoms with E-state index < -0.39 is 5.97 Å². The zero-order valence-electron chi connectivity index (χ0n) is 12.1. The lowest BCUT2D eigenvalue weighted by atomic mass is 9.36. The van der Waals surface area contributed by atoms with E-state index in [0.29, 0.717) is 29.7 Å². The standard InChI is InChI=1S/C15H27NO2/c1-9-5-6-11-13(14(9,3)4)10(2)15(11,8-16)7-12(17)18/h9-11,13H,5-8,16H2,1-4H3,(H,17,18)/t9-,10-,11?,13+,15+/m0/s1. The molecule has 0 radical (unpaired) electrons. The molecule has 2 rings (SSSR count). The highest BCUT2D eigenvalue weighted by atomic mass is 16.4. The van der Waals surface area contributed by atoms with Gasteiger partial charge in [0.1, 0.15) is 0 Å². The van der Waals surface area contributed by atoms with Crippen LogP contribution in [0.15, 0.2) is 0 Å². The molecule has 0 spiro atoms. The van der Waals surface area contributed by atoms with E-state index in [1.165, 1.54) is 6.42 Å². The lowest BCUT2D eigenvalue weighted by Gasteiger charge is -2.68. The SMILES string of the molecule is C[C@H]1CCC2[C@@H]([C@H](C)[C@]2(CN)CC(=O)O)C1(C)C. The first kappa shape index (κ1) is 13.9. The molecule has 104 valence electrons. The summed E-state index contributed by atoms with van der Waals surface area (Å²) >= 11 is 0. The first-order chi connectivity index (χ1) is 8.27. The minimum Gasteiger partial charge on any atom is -0.481 e. The summed E-state index contributed by atoms with van der Waals surface area (Å²) in [7, 11) is 0. The van der Waals surface area contributed by atoms with E-state index in [1.807, 2.05) is 0 Å². The summed E-state index contributed by atoms with van der Waals surface area (Å²) in [5.41, 5.74) is 6.15. The second-order valence-corrected chi connectivity index (χ2v) is 7.23. The highest BCUT2D eigenvalue weighted by Gasteiger charge is 2.65. The molecule has 3 heteroatoms. The molecule has 0 aromatic carbocycles. The predicted molar refractivity (Wildman–Crippen MR) is 72.1 cm³/mol. The molecule has 2 fully saturated rings. The Morgan fingerprint density at radius 1 is 1.33 bits per heavy atom. The quantitative estimate of drug-likeness (QED) is 0.813. The Morgan fingerprint density at radius 2 is 1.94 bits per heavy atom. The molecule has 0 aromatic heterocycles. The van der Waals surface area contributed by atoms with Crippen LogP contribution in [0.5, 0.6) is 0 Å². The molecule has 5 atom stereocenters. The molecule has 0 amide bonds. The van der Waals surface area contributed by atoms with E-state index >= 15 is 0 Å². The van der Waals surface area contributed by atoms with Gasteiger partial charge in [0.15, 0.2) is 0 Å². The first-order valence-electron chi connectivity index (χ1n) is 7.19. The predicted octanol–water partition coefficient (Wildman–Crippen LogP) is 2.74. The van der Waals surface area contributed by atoms with Gasteiger partial charge in [-0.1, -0.05) is 27.7 Å². The largest absolute Gasteiger partial charge is 0.481 e. The van der Waals surface area contributed by atoms with Gasteiger partial charge in [0, 0.05) is 0 Å². The van der Waals surface area contributed by atoms with Gasteiger partial charge in [-0.2, -0.15) is 0 Å². The van der Waals surface area contributed by atoms with E-state index in [1.54, 1.807) is 0 Å². The van der Waals surface area contributed by atoms with Crippen molar-refractivity contribution in [2.75, 3.05) is 6.54 Å². The van der Waals surface area contributed by atoms with Gasteiger partial charge in [0.05, 0.1) is 6.42 Å². The van der Waals surface area contributed by atoms with E-state index in [-0.39, 0.29) is 11.8 Å². The van der Waals surface area contributed by atoms with Crippen LogP contribution in [0, 0.1) is 34.5 Å². The van der Waals surface area contributed by atoms with Crippen LogP contribution in [0.1, 0.15) is 47.0 Å². The number of hydrogen-bond acceptors (Lipinski definition) is 2. The Balaban J connectivity index is 2.27. The van der Waals surface area contributed by atoms with Crippen LogP contribution >= 0.6 is 0 Å². The van der Waals surface area contributed by atoms with E-state index in [9.17, 15) is 9.90 Å². The van der Waals surface area contributed by atoms with Crippen molar-refractivity contribution in [2.24, 2.45) is 40.2 Å². The summed E-state index contributed by atoms with van der Waals surface area (Å²) in [4.78, 5) is 11.2. The van der Waals surface area contributed by atoms with E-state index in [0.717, 1.165) is 12.3 Å². The third-order valence-corrected chi connectivity index (χ3v) is 6.52. The van der Waals surface area contributed by atoms with E-state index in [4.69, 9.17) is 5.73 Å². The Hall–Kier alpha value is -0.570. The summed E-state index contributed by atoms with van der Waals surface area (Å²) in [6.45, 7) is 9.78. The van der Waals surface area contributed by atoms with Gasteiger partial charge < -0.3 is 10.8 Å². The average Bonchev–Trinajstić information content (AvgIpc) is 2.28. The van der Waals surface area contributed by atoms with Crippen molar-refractivity contribution < 1.29 is 9.90 Å². The number of rotatable bonds is 3. The molecule has 18 heavy (non-hydrogen) atoms. The van der Waals surface area contributed by atoms with Crippen LogP contribution in [-0.2, 0) is 4.79 Å². The number of carboxylic acid groups (broad SMARTS) is 1. The van der Waals surface area contributed by atoms with Gasteiger partial charge in [-0.05, 0) is 53.9 Å². The monoisotopic (exact) mass is 253 g/mol. The van der Waals surface area contributed by atoms with Crippen molar-refractivity contribution in [1.29, 1.82) is 0 Å². The molecule has 0 aliphatic heterocycles. The minimum absolute atomic E-state index is 0.145. The van der Waals surface area contributed by atoms with Crippen molar-refractivity contribution in [2.45, 2.75) is 47.0 Å². The maximum absolute atomic E-state index is 11.2. The third-order valence-electron chi connectivity index (χ3n) is 6.52. The summed E-state index contributed by atoms with van der Waals surface area (Å²) < 4.78 is 0. The highest BCUT2D eigenvalue weighted by Crippen LogP contribution is 2.68. The average molecular weight is 253 g/mol. The van der Waals surface area contributed by atoms with E-state index in [2.05, 4.69) is 27.7 Å². The Morgan fingerprint density at radius 3 is 2.44 bits per heavy atom. The van der Waals surface area contributed by atoms with Crippen LogP contribution in [0.4, 0.5) is 0 Å². The Labute approximate surface area is 110 Å². The zero-order valence-corrected chi connectivity index (χ0v) is 12.1. The van der Waals surface area contributed by atoms with Crippen molar-refractivity contribution >= 4 is 5.97 Å². The highest BCUT2D eigenvalue weighted by molar-refractivity contribution is 5.68.